The number of ether oxygens (including phenoxy) is 1. The van der Waals surface area contributed by atoms with E-state index in [1.807, 2.05) is 30.3 Å². The molecule has 0 saturated carbocycles. The maximum atomic E-state index is 12.4. The van der Waals surface area contributed by atoms with Crippen molar-refractivity contribution in [1.82, 2.24) is 19.8 Å². The highest BCUT2D eigenvalue weighted by molar-refractivity contribution is 5.81. The van der Waals surface area contributed by atoms with Crippen molar-refractivity contribution in [3.63, 3.8) is 0 Å². The molecule has 0 spiro atoms. The summed E-state index contributed by atoms with van der Waals surface area (Å²) in [7, 11) is 0. The minimum atomic E-state index is -0.643. The van der Waals surface area contributed by atoms with E-state index in [4.69, 9.17) is 4.74 Å². The van der Waals surface area contributed by atoms with Crippen LogP contribution in [0.25, 0.3) is 5.65 Å². The lowest BCUT2D eigenvalue weighted by atomic mass is 9.98. The van der Waals surface area contributed by atoms with E-state index in [-0.39, 0.29) is 5.97 Å². The minimum Gasteiger partial charge on any atom is -0.465 e. The summed E-state index contributed by atoms with van der Waals surface area (Å²) in [6, 6.07) is 12.9. The summed E-state index contributed by atoms with van der Waals surface area (Å²) in [4.78, 5) is 12.4. The fraction of sp³-hybridized carbons (Fsp3) is 0.200. The molecule has 0 N–H and O–H groups in total. The van der Waals surface area contributed by atoms with Gasteiger partial charge < -0.3 is 4.74 Å². The molecule has 3 aromatic rings. The van der Waals surface area contributed by atoms with Gasteiger partial charge in [-0.1, -0.05) is 30.3 Å². The van der Waals surface area contributed by atoms with Gasteiger partial charge in [0, 0.05) is 6.20 Å². The predicted octanol–water partition coefficient (Wildman–Crippen LogP) is 1.82. The predicted molar refractivity (Wildman–Crippen MR) is 75.7 cm³/mol. The number of esters is 1. The lowest BCUT2D eigenvalue weighted by Gasteiger charge is -2.13. The first-order valence-electron chi connectivity index (χ1n) is 6.69. The van der Waals surface area contributed by atoms with Crippen molar-refractivity contribution in [1.29, 1.82) is 0 Å². The molecule has 2 aromatic heterocycles. The Kier molecular flexibility index (Phi) is 3.59. The molecule has 3 rings (SSSR count). The molecule has 6 nitrogen and oxygen atoms in total. The molecule has 0 saturated heterocycles. The van der Waals surface area contributed by atoms with Gasteiger partial charge in [-0.05, 0) is 24.6 Å². The van der Waals surface area contributed by atoms with Gasteiger partial charge in [-0.3, -0.25) is 4.79 Å². The van der Waals surface area contributed by atoms with Crippen molar-refractivity contribution in [3.05, 3.63) is 60.0 Å². The highest BCUT2D eigenvalue weighted by Gasteiger charge is 2.29. The molecule has 0 fully saturated rings. The lowest BCUT2D eigenvalue weighted by molar-refractivity contribution is -0.144. The highest BCUT2D eigenvalue weighted by Crippen LogP contribution is 2.24. The topological polar surface area (TPSA) is 69.4 Å². The van der Waals surface area contributed by atoms with Gasteiger partial charge in [0.25, 0.3) is 0 Å². The Morgan fingerprint density at radius 1 is 1.19 bits per heavy atom. The number of nitrogens with zero attached hydrogens (tertiary/aromatic N) is 4. The molecule has 0 aliphatic carbocycles. The molecular weight excluding hydrogens is 268 g/mol. The average molecular weight is 282 g/mol. The van der Waals surface area contributed by atoms with Crippen LogP contribution in [0.4, 0.5) is 0 Å². The lowest BCUT2D eigenvalue weighted by Crippen LogP contribution is -2.20. The van der Waals surface area contributed by atoms with E-state index in [0.29, 0.717) is 18.1 Å². The zero-order valence-corrected chi connectivity index (χ0v) is 11.5. The van der Waals surface area contributed by atoms with E-state index < -0.39 is 5.92 Å². The number of rotatable bonds is 4. The third-order valence-electron chi connectivity index (χ3n) is 3.12. The third kappa shape index (κ3) is 2.47. The number of hydrogen-bond acceptors (Lipinski definition) is 5. The number of hydrogen-bond donors (Lipinski definition) is 0. The Bertz CT molecular complexity index is 754. The van der Waals surface area contributed by atoms with Gasteiger partial charge in [0.15, 0.2) is 11.5 Å². The van der Waals surface area contributed by atoms with Gasteiger partial charge in [0.1, 0.15) is 5.92 Å². The second kappa shape index (κ2) is 5.70. The molecule has 2 heterocycles. The molecule has 106 valence electrons. The van der Waals surface area contributed by atoms with Crippen LogP contribution in [0.15, 0.2) is 48.7 Å². The SMILES string of the molecule is CCOC(=O)C(c1ccccc1)c1nnc2cccnn12. The summed E-state index contributed by atoms with van der Waals surface area (Å²) in [5.74, 6) is -0.546. The second-order valence-electron chi connectivity index (χ2n) is 4.45. The van der Waals surface area contributed by atoms with Gasteiger partial charge in [-0.2, -0.15) is 9.61 Å². The van der Waals surface area contributed by atoms with E-state index in [2.05, 4.69) is 15.3 Å². The van der Waals surface area contributed by atoms with E-state index in [9.17, 15) is 4.79 Å². The Morgan fingerprint density at radius 3 is 2.76 bits per heavy atom. The second-order valence-corrected chi connectivity index (χ2v) is 4.45. The third-order valence-corrected chi connectivity index (χ3v) is 3.12. The van der Waals surface area contributed by atoms with Crippen LogP contribution in [0, 0.1) is 0 Å². The van der Waals surface area contributed by atoms with E-state index in [1.54, 1.807) is 29.8 Å². The smallest absolute Gasteiger partial charge is 0.321 e. The molecule has 0 aliphatic rings. The Hall–Kier alpha value is -2.76. The standard InChI is InChI=1S/C15H14N4O2/c1-2-21-15(20)13(11-7-4-3-5-8-11)14-18-17-12-9-6-10-16-19(12)14/h3-10,13H,2H2,1H3. The number of benzene rings is 1. The zero-order chi connectivity index (χ0) is 14.7. The Morgan fingerprint density at radius 2 is 2.00 bits per heavy atom. The molecular formula is C15H14N4O2. The van der Waals surface area contributed by atoms with Crippen molar-refractivity contribution in [2.45, 2.75) is 12.8 Å². The first-order chi connectivity index (χ1) is 10.3. The van der Waals surface area contributed by atoms with Gasteiger partial charge >= 0.3 is 5.97 Å². The largest absolute Gasteiger partial charge is 0.465 e. The molecule has 0 amide bonds. The van der Waals surface area contributed by atoms with Crippen molar-refractivity contribution in [2.24, 2.45) is 0 Å². The summed E-state index contributed by atoms with van der Waals surface area (Å²) >= 11 is 0. The quantitative estimate of drug-likeness (QED) is 0.683. The van der Waals surface area contributed by atoms with E-state index in [0.717, 1.165) is 5.56 Å². The fourth-order valence-corrected chi connectivity index (χ4v) is 2.20. The summed E-state index contributed by atoms with van der Waals surface area (Å²) in [6.45, 7) is 2.09. The Balaban J connectivity index is 2.13. The molecule has 21 heavy (non-hydrogen) atoms. The van der Waals surface area contributed by atoms with Crippen LogP contribution in [0.1, 0.15) is 24.2 Å². The average Bonchev–Trinajstić information content (AvgIpc) is 2.93. The molecule has 0 radical (unpaired) electrons. The number of fused-ring (bicyclic) bond motifs is 1. The summed E-state index contributed by atoms with van der Waals surface area (Å²) in [6.07, 6.45) is 1.63. The zero-order valence-electron chi connectivity index (χ0n) is 11.5. The van der Waals surface area contributed by atoms with Crippen molar-refractivity contribution in [3.8, 4) is 0 Å². The van der Waals surface area contributed by atoms with E-state index >= 15 is 0 Å². The maximum Gasteiger partial charge on any atom is 0.321 e. The Labute approximate surface area is 121 Å². The molecule has 1 aromatic carbocycles. The number of carbonyl (C=O) groups excluding carboxylic acids is 1. The molecule has 0 bridgehead atoms. The summed E-state index contributed by atoms with van der Waals surface area (Å²) in [5.41, 5.74) is 1.40. The van der Waals surface area contributed by atoms with E-state index in [1.165, 1.54) is 0 Å². The van der Waals surface area contributed by atoms with Crippen LogP contribution >= 0.6 is 0 Å². The number of carbonyl (C=O) groups is 1. The first-order valence-corrected chi connectivity index (χ1v) is 6.69. The molecule has 0 aliphatic heterocycles. The van der Waals surface area contributed by atoms with Gasteiger partial charge in [0.2, 0.25) is 0 Å². The van der Waals surface area contributed by atoms with Gasteiger partial charge in [-0.25, -0.2) is 0 Å². The van der Waals surface area contributed by atoms with Gasteiger partial charge in [0.05, 0.1) is 6.61 Å². The first kappa shape index (κ1) is 13.2. The normalized spacial score (nSPS) is 12.2. The maximum absolute atomic E-state index is 12.4. The van der Waals surface area contributed by atoms with Crippen LogP contribution < -0.4 is 0 Å². The van der Waals surface area contributed by atoms with Crippen molar-refractivity contribution in [2.75, 3.05) is 6.61 Å². The van der Waals surface area contributed by atoms with Crippen LogP contribution in [-0.2, 0) is 9.53 Å². The summed E-state index contributed by atoms with van der Waals surface area (Å²) in [5, 5.41) is 12.4. The van der Waals surface area contributed by atoms with Crippen LogP contribution in [0.2, 0.25) is 0 Å². The van der Waals surface area contributed by atoms with Crippen molar-refractivity contribution >= 4 is 11.6 Å². The minimum absolute atomic E-state index is 0.312. The fourth-order valence-electron chi connectivity index (χ4n) is 2.20. The van der Waals surface area contributed by atoms with Gasteiger partial charge in [-0.15, -0.1) is 10.2 Å². The van der Waals surface area contributed by atoms with Crippen LogP contribution in [0.3, 0.4) is 0 Å². The molecule has 1 unspecified atom stereocenters. The highest BCUT2D eigenvalue weighted by atomic mass is 16.5. The number of aromatic nitrogens is 4. The molecule has 1 atom stereocenters. The van der Waals surface area contributed by atoms with Crippen LogP contribution in [0.5, 0.6) is 0 Å². The summed E-state index contributed by atoms with van der Waals surface area (Å²) < 4.78 is 6.75. The van der Waals surface area contributed by atoms with Crippen LogP contribution in [-0.4, -0.2) is 32.4 Å². The van der Waals surface area contributed by atoms with Crippen molar-refractivity contribution < 1.29 is 9.53 Å². The molecule has 6 heteroatoms. The monoisotopic (exact) mass is 282 g/mol.